The topological polar surface area (TPSA) is 110 Å². The maximum absolute atomic E-state index is 14.3. The van der Waals surface area contributed by atoms with Crippen LogP contribution in [0.25, 0.3) is 10.9 Å². The normalized spacial score (nSPS) is 14.9. The Balaban J connectivity index is 1.49. The SMILES string of the molecule is CSNC(=O)c1nc(Cl)ccc1NC(C)c1cc(C)cc2c(=O)n(C)c(N3CCC(n4nc(C)cc4F)CC3)nc12. The summed E-state index contributed by atoms with van der Waals surface area (Å²) in [5.41, 5.74) is 3.50. The van der Waals surface area contributed by atoms with Crippen molar-refractivity contribution in [3.63, 3.8) is 0 Å². The van der Waals surface area contributed by atoms with E-state index in [2.05, 4.69) is 25.0 Å². The summed E-state index contributed by atoms with van der Waals surface area (Å²) < 4.78 is 20.1. The lowest BCUT2D eigenvalue weighted by atomic mass is 10.0. The molecule has 0 saturated carbocycles. The molecule has 41 heavy (non-hydrogen) atoms. The highest BCUT2D eigenvalue weighted by Crippen LogP contribution is 2.31. The van der Waals surface area contributed by atoms with Gasteiger partial charge in [-0.15, -0.1) is 0 Å². The number of aromatic nitrogens is 5. The minimum Gasteiger partial charge on any atom is -0.377 e. The van der Waals surface area contributed by atoms with Crippen LogP contribution in [0.2, 0.25) is 5.15 Å². The van der Waals surface area contributed by atoms with Gasteiger partial charge in [-0.2, -0.15) is 9.49 Å². The molecule has 10 nitrogen and oxygen atoms in total. The lowest BCUT2D eigenvalue weighted by Gasteiger charge is -2.33. The Morgan fingerprint density at radius 2 is 1.90 bits per heavy atom. The second kappa shape index (κ2) is 11.7. The number of hydrogen-bond donors (Lipinski definition) is 2. The lowest BCUT2D eigenvalue weighted by Crippen LogP contribution is -2.39. The third-order valence-corrected chi connectivity index (χ3v) is 7.95. The van der Waals surface area contributed by atoms with Gasteiger partial charge in [0.25, 0.3) is 11.5 Å². The first kappa shape index (κ1) is 28.9. The van der Waals surface area contributed by atoms with E-state index >= 15 is 0 Å². The summed E-state index contributed by atoms with van der Waals surface area (Å²) in [6.07, 6.45) is 3.10. The molecule has 0 bridgehead atoms. The van der Waals surface area contributed by atoms with Crippen molar-refractivity contribution >= 4 is 52.0 Å². The van der Waals surface area contributed by atoms with E-state index in [-0.39, 0.29) is 40.3 Å². The summed E-state index contributed by atoms with van der Waals surface area (Å²) in [7, 11) is 1.73. The fourth-order valence-corrected chi connectivity index (χ4v) is 5.81. The molecule has 5 rings (SSSR count). The number of rotatable bonds is 7. The second-order valence-electron chi connectivity index (χ2n) is 10.3. The smallest absolute Gasteiger partial charge is 0.281 e. The molecule has 2 N–H and O–H groups in total. The zero-order valence-electron chi connectivity index (χ0n) is 23.5. The van der Waals surface area contributed by atoms with Crippen molar-refractivity contribution in [3.05, 3.63) is 74.3 Å². The largest absolute Gasteiger partial charge is 0.377 e. The number of amides is 1. The fraction of sp³-hybridized carbons (Fsp3) is 0.393. The van der Waals surface area contributed by atoms with Gasteiger partial charge in [0.05, 0.1) is 34.4 Å². The average molecular weight is 599 g/mol. The Kier molecular flexibility index (Phi) is 8.23. The van der Waals surface area contributed by atoms with Crippen LogP contribution in [0, 0.1) is 19.8 Å². The van der Waals surface area contributed by atoms with Crippen molar-refractivity contribution in [2.75, 3.05) is 29.6 Å². The standard InChI is InChI=1S/C28H32ClFN8O2S/c1-15-12-19(17(3)31-21-6-7-22(29)32-25(21)26(39)35-41-5)24-20(13-15)27(40)36(4)28(33-24)37-10-8-18(9-11-37)38-23(30)14-16(2)34-38/h6-7,12-14,17-18,31H,8-11H2,1-5H3,(H,35,39). The van der Waals surface area contributed by atoms with Crippen molar-refractivity contribution in [2.24, 2.45) is 7.05 Å². The molecule has 3 aromatic heterocycles. The van der Waals surface area contributed by atoms with E-state index in [0.717, 1.165) is 11.1 Å². The van der Waals surface area contributed by atoms with Crippen molar-refractivity contribution in [3.8, 4) is 0 Å². The van der Waals surface area contributed by atoms with Crippen molar-refractivity contribution in [2.45, 2.75) is 45.7 Å². The maximum Gasteiger partial charge on any atom is 0.281 e. The fourth-order valence-electron chi connectivity index (χ4n) is 5.38. The maximum atomic E-state index is 14.3. The molecular weight excluding hydrogens is 567 g/mol. The van der Waals surface area contributed by atoms with E-state index in [1.807, 2.05) is 26.0 Å². The summed E-state index contributed by atoms with van der Waals surface area (Å²) in [6.45, 7) is 6.87. The zero-order valence-corrected chi connectivity index (χ0v) is 25.1. The number of nitrogens with zero attached hydrogens (tertiary/aromatic N) is 6. The van der Waals surface area contributed by atoms with Gasteiger partial charge in [-0.3, -0.25) is 18.9 Å². The molecule has 1 aromatic carbocycles. The number of halogens is 2. The number of carbonyl (C=O) groups excluding carboxylic acids is 1. The van der Waals surface area contributed by atoms with Gasteiger partial charge < -0.3 is 10.2 Å². The average Bonchev–Trinajstić information content (AvgIpc) is 3.29. The van der Waals surface area contributed by atoms with Gasteiger partial charge in [-0.05, 0) is 57.4 Å². The van der Waals surface area contributed by atoms with Gasteiger partial charge in [-0.1, -0.05) is 29.6 Å². The van der Waals surface area contributed by atoms with Crippen LogP contribution < -0.4 is 20.5 Å². The molecular formula is C28H32ClFN8O2S. The molecule has 1 fully saturated rings. The van der Waals surface area contributed by atoms with Gasteiger partial charge in [0.15, 0.2) is 5.69 Å². The molecule has 4 heterocycles. The molecule has 1 saturated heterocycles. The van der Waals surface area contributed by atoms with E-state index in [9.17, 15) is 14.0 Å². The first-order valence-electron chi connectivity index (χ1n) is 13.3. The number of hydrogen-bond acceptors (Lipinski definition) is 8. The number of pyridine rings is 1. The molecule has 0 aliphatic carbocycles. The molecule has 1 aliphatic rings. The van der Waals surface area contributed by atoms with Crippen molar-refractivity contribution in [1.29, 1.82) is 0 Å². The number of fused-ring (bicyclic) bond motifs is 1. The number of piperidine rings is 1. The van der Waals surface area contributed by atoms with Crippen LogP contribution in [0.15, 0.2) is 35.1 Å². The number of carbonyl (C=O) groups is 1. The summed E-state index contributed by atoms with van der Waals surface area (Å²) >= 11 is 7.26. The van der Waals surface area contributed by atoms with E-state index in [1.54, 1.807) is 36.9 Å². The first-order chi connectivity index (χ1) is 19.6. The van der Waals surface area contributed by atoms with Crippen molar-refractivity contribution < 1.29 is 9.18 Å². The predicted molar refractivity (Wildman–Crippen MR) is 161 cm³/mol. The highest BCUT2D eigenvalue weighted by Gasteiger charge is 2.27. The Morgan fingerprint density at radius 1 is 1.17 bits per heavy atom. The van der Waals surface area contributed by atoms with Crippen molar-refractivity contribution in [1.82, 2.24) is 29.0 Å². The van der Waals surface area contributed by atoms with Gasteiger partial charge in [0.1, 0.15) is 5.15 Å². The number of aryl methyl sites for hydroxylation is 2. The highest BCUT2D eigenvalue weighted by molar-refractivity contribution is 7.97. The molecule has 13 heteroatoms. The van der Waals surface area contributed by atoms with Gasteiger partial charge in [0, 0.05) is 38.0 Å². The molecule has 0 spiro atoms. The van der Waals surface area contributed by atoms with E-state index < -0.39 is 0 Å². The Labute approximate surface area is 246 Å². The van der Waals surface area contributed by atoms with E-state index in [0.29, 0.717) is 54.2 Å². The van der Waals surface area contributed by atoms with Crippen LogP contribution in [0.5, 0.6) is 0 Å². The molecule has 1 atom stereocenters. The van der Waals surface area contributed by atoms with E-state index in [4.69, 9.17) is 16.6 Å². The Morgan fingerprint density at radius 3 is 2.56 bits per heavy atom. The molecule has 1 unspecified atom stereocenters. The minimum absolute atomic E-state index is 0.0506. The van der Waals surface area contributed by atoms with Crippen LogP contribution in [0.1, 0.15) is 59.2 Å². The van der Waals surface area contributed by atoms with Gasteiger partial charge >= 0.3 is 0 Å². The van der Waals surface area contributed by atoms with Gasteiger partial charge in [-0.25, -0.2) is 14.6 Å². The lowest BCUT2D eigenvalue weighted by molar-refractivity contribution is 0.0980. The number of nitrogens with one attached hydrogen (secondary N) is 2. The molecule has 1 aliphatic heterocycles. The summed E-state index contributed by atoms with van der Waals surface area (Å²) in [6, 6.07) is 8.24. The van der Waals surface area contributed by atoms with Crippen LogP contribution in [-0.4, -0.2) is 49.6 Å². The summed E-state index contributed by atoms with van der Waals surface area (Å²) in [4.78, 5) is 37.6. The van der Waals surface area contributed by atoms with E-state index in [1.165, 1.54) is 22.7 Å². The third kappa shape index (κ3) is 5.76. The number of anilines is 2. The summed E-state index contributed by atoms with van der Waals surface area (Å²) in [5, 5.41) is 8.42. The molecule has 216 valence electrons. The monoisotopic (exact) mass is 598 g/mol. The summed E-state index contributed by atoms with van der Waals surface area (Å²) in [5.74, 6) is -0.140. The quantitative estimate of drug-likeness (QED) is 0.227. The van der Waals surface area contributed by atoms with Crippen LogP contribution in [-0.2, 0) is 7.05 Å². The molecule has 4 aromatic rings. The van der Waals surface area contributed by atoms with Gasteiger partial charge in [0.2, 0.25) is 11.9 Å². The Bertz CT molecular complexity index is 1680. The molecule has 1 amide bonds. The van der Waals surface area contributed by atoms with Crippen LogP contribution >= 0.6 is 23.5 Å². The first-order valence-corrected chi connectivity index (χ1v) is 14.9. The number of benzene rings is 1. The molecule has 0 radical (unpaired) electrons. The third-order valence-electron chi connectivity index (χ3n) is 7.35. The Hall–Kier alpha value is -3.64. The minimum atomic E-state index is -0.369. The highest BCUT2D eigenvalue weighted by atomic mass is 35.5. The second-order valence-corrected chi connectivity index (χ2v) is 11.3. The zero-order chi connectivity index (χ0) is 29.4. The van der Waals surface area contributed by atoms with Crippen LogP contribution in [0.4, 0.5) is 16.0 Å². The predicted octanol–water partition coefficient (Wildman–Crippen LogP) is 4.96. The van der Waals surface area contributed by atoms with Crippen LogP contribution in [0.3, 0.4) is 0 Å².